The van der Waals surface area contributed by atoms with E-state index >= 15 is 0 Å². The zero-order valence-electron chi connectivity index (χ0n) is 11.5. The SMILES string of the molecule is CSC1CCCC1n1c(CCCl)nc2cc(Cl)ccc21. The van der Waals surface area contributed by atoms with E-state index in [9.17, 15) is 0 Å². The van der Waals surface area contributed by atoms with Crippen molar-refractivity contribution in [3.63, 3.8) is 0 Å². The van der Waals surface area contributed by atoms with Gasteiger partial charge in [0.05, 0.1) is 11.0 Å². The lowest BCUT2D eigenvalue weighted by molar-refractivity contribution is 0.522. The van der Waals surface area contributed by atoms with E-state index in [2.05, 4.69) is 16.9 Å². The van der Waals surface area contributed by atoms with Gasteiger partial charge in [-0.25, -0.2) is 4.98 Å². The van der Waals surface area contributed by atoms with Gasteiger partial charge < -0.3 is 4.57 Å². The molecule has 1 heterocycles. The summed E-state index contributed by atoms with van der Waals surface area (Å²) in [7, 11) is 0. The molecule has 1 saturated carbocycles. The van der Waals surface area contributed by atoms with Crippen molar-refractivity contribution >= 4 is 46.0 Å². The Labute approximate surface area is 133 Å². The third kappa shape index (κ3) is 2.56. The lowest BCUT2D eigenvalue weighted by Gasteiger charge is -2.22. The van der Waals surface area contributed by atoms with Gasteiger partial charge in [0.1, 0.15) is 5.82 Å². The predicted octanol–water partition coefficient (Wildman–Crippen LogP) is 4.93. The lowest BCUT2D eigenvalue weighted by atomic mass is 10.2. The molecule has 1 fully saturated rings. The van der Waals surface area contributed by atoms with Gasteiger partial charge >= 0.3 is 0 Å². The summed E-state index contributed by atoms with van der Waals surface area (Å²) in [5.74, 6) is 1.71. The summed E-state index contributed by atoms with van der Waals surface area (Å²) in [4.78, 5) is 4.76. The molecule has 0 spiro atoms. The number of hydrogen-bond acceptors (Lipinski definition) is 2. The van der Waals surface area contributed by atoms with Crippen LogP contribution in [-0.2, 0) is 6.42 Å². The van der Waals surface area contributed by atoms with Crippen molar-refractivity contribution in [1.29, 1.82) is 0 Å². The minimum absolute atomic E-state index is 0.536. The molecule has 0 N–H and O–H groups in total. The maximum atomic E-state index is 6.09. The highest BCUT2D eigenvalue weighted by atomic mass is 35.5. The van der Waals surface area contributed by atoms with Crippen molar-refractivity contribution < 1.29 is 0 Å². The van der Waals surface area contributed by atoms with Crippen molar-refractivity contribution in [2.45, 2.75) is 37.0 Å². The summed E-state index contributed by atoms with van der Waals surface area (Å²) >= 11 is 14.0. The molecule has 1 aromatic heterocycles. The topological polar surface area (TPSA) is 17.8 Å². The largest absolute Gasteiger partial charge is 0.324 e. The Morgan fingerprint density at radius 2 is 2.25 bits per heavy atom. The molecule has 0 amide bonds. The smallest absolute Gasteiger partial charge is 0.111 e. The number of thioether (sulfide) groups is 1. The van der Waals surface area contributed by atoms with Gasteiger partial charge in [0, 0.05) is 28.6 Å². The van der Waals surface area contributed by atoms with Crippen molar-refractivity contribution in [3.8, 4) is 0 Å². The Hall–Kier alpha value is -0.380. The Bertz CT molecular complexity index is 611. The highest BCUT2D eigenvalue weighted by Gasteiger charge is 2.30. The first kappa shape index (κ1) is 14.6. The molecule has 108 valence electrons. The van der Waals surface area contributed by atoms with E-state index in [0.717, 1.165) is 22.8 Å². The molecular weight excluding hydrogens is 311 g/mol. The summed E-state index contributed by atoms with van der Waals surface area (Å²) < 4.78 is 2.42. The summed E-state index contributed by atoms with van der Waals surface area (Å²) in [5, 5.41) is 1.42. The van der Waals surface area contributed by atoms with E-state index in [1.165, 1.54) is 24.8 Å². The fourth-order valence-electron chi connectivity index (χ4n) is 3.23. The van der Waals surface area contributed by atoms with Gasteiger partial charge in [0.15, 0.2) is 0 Å². The van der Waals surface area contributed by atoms with Crippen molar-refractivity contribution in [2.24, 2.45) is 0 Å². The van der Waals surface area contributed by atoms with E-state index in [1.54, 1.807) is 0 Å². The Kier molecular flexibility index (Phi) is 4.49. The Balaban J connectivity index is 2.13. The first-order chi connectivity index (χ1) is 9.74. The molecule has 0 saturated heterocycles. The van der Waals surface area contributed by atoms with Crippen LogP contribution in [0.2, 0.25) is 5.02 Å². The van der Waals surface area contributed by atoms with Gasteiger partial charge in [0.2, 0.25) is 0 Å². The van der Waals surface area contributed by atoms with Gasteiger partial charge in [0.25, 0.3) is 0 Å². The van der Waals surface area contributed by atoms with Crippen LogP contribution in [0.4, 0.5) is 0 Å². The van der Waals surface area contributed by atoms with Crippen LogP contribution in [0.3, 0.4) is 0 Å². The number of halogens is 2. The number of benzene rings is 1. The van der Waals surface area contributed by atoms with E-state index in [0.29, 0.717) is 17.2 Å². The highest BCUT2D eigenvalue weighted by Crippen LogP contribution is 2.40. The van der Waals surface area contributed by atoms with Crippen LogP contribution in [0.25, 0.3) is 11.0 Å². The maximum absolute atomic E-state index is 6.09. The summed E-state index contributed by atoms with van der Waals surface area (Å²) in [6, 6.07) is 6.54. The van der Waals surface area contributed by atoms with E-state index in [1.807, 2.05) is 23.9 Å². The summed E-state index contributed by atoms with van der Waals surface area (Å²) in [6.45, 7) is 0. The first-order valence-corrected chi connectivity index (χ1v) is 9.19. The first-order valence-electron chi connectivity index (χ1n) is 6.99. The molecule has 1 aromatic carbocycles. The molecule has 2 aromatic rings. The summed E-state index contributed by atoms with van der Waals surface area (Å²) in [5.41, 5.74) is 2.19. The standard InChI is InChI=1S/C15H18Cl2N2S/c1-20-14-4-2-3-13(14)19-12-6-5-10(17)9-11(12)18-15(19)7-8-16/h5-6,9,13-14H,2-4,7-8H2,1H3. The van der Waals surface area contributed by atoms with Crippen LogP contribution in [0.5, 0.6) is 0 Å². The quantitative estimate of drug-likeness (QED) is 0.740. The van der Waals surface area contributed by atoms with Crippen molar-refractivity contribution in [2.75, 3.05) is 12.1 Å². The number of hydrogen-bond donors (Lipinski definition) is 0. The zero-order valence-corrected chi connectivity index (χ0v) is 13.8. The molecule has 20 heavy (non-hydrogen) atoms. The number of alkyl halides is 1. The lowest BCUT2D eigenvalue weighted by Crippen LogP contribution is -2.18. The van der Waals surface area contributed by atoms with Crippen LogP contribution in [0.1, 0.15) is 31.1 Å². The third-order valence-corrected chi connectivity index (χ3v) is 5.67. The minimum atomic E-state index is 0.536. The number of nitrogens with zero attached hydrogens (tertiary/aromatic N) is 2. The second-order valence-corrected chi connectivity index (χ2v) is 7.13. The molecule has 3 rings (SSSR count). The van der Waals surface area contributed by atoms with Gasteiger partial charge in [-0.15, -0.1) is 11.6 Å². The average Bonchev–Trinajstić information content (AvgIpc) is 3.01. The van der Waals surface area contributed by atoms with Gasteiger partial charge in [-0.2, -0.15) is 11.8 Å². The van der Waals surface area contributed by atoms with Crippen LogP contribution in [-0.4, -0.2) is 26.9 Å². The average molecular weight is 329 g/mol. The van der Waals surface area contributed by atoms with Gasteiger partial charge in [-0.3, -0.25) is 0 Å². The van der Waals surface area contributed by atoms with Crippen LogP contribution in [0, 0.1) is 0 Å². The number of fused-ring (bicyclic) bond motifs is 1. The number of imidazole rings is 1. The Morgan fingerprint density at radius 1 is 1.40 bits per heavy atom. The van der Waals surface area contributed by atoms with E-state index in [4.69, 9.17) is 28.2 Å². The van der Waals surface area contributed by atoms with Crippen molar-refractivity contribution in [1.82, 2.24) is 9.55 Å². The van der Waals surface area contributed by atoms with Crippen LogP contribution >= 0.6 is 35.0 Å². The van der Waals surface area contributed by atoms with Crippen LogP contribution in [0.15, 0.2) is 18.2 Å². The molecule has 2 nitrogen and oxygen atoms in total. The van der Waals surface area contributed by atoms with Crippen LogP contribution < -0.4 is 0 Å². The fourth-order valence-corrected chi connectivity index (χ4v) is 4.54. The number of rotatable bonds is 4. The highest BCUT2D eigenvalue weighted by molar-refractivity contribution is 7.99. The molecule has 2 unspecified atom stereocenters. The molecule has 1 aliphatic carbocycles. The molecule has 5 heteroatoms. The molecule has 1 aliphatic rings. The van der Waals surface area contributed by atoms with E-state index in [-0.39, 0.29) is 0 Å². The number of aryl methyl sites for hydroxylation is 1. The van der Waals surface area contributed by atoms with Gasteiger partial charge in [-0.05, 0) is 37.3 Å². The third-order valence-electron chi connectivity index (χ3n) is 4.09. The molecule has 0 bridgehead atoms. The summed E-state index contributed by atoms with van der Waals surface area (Å²) in [6.07, 6.45) is 6.84. The molecule has 0 aliphatic heterocycles. The van der Waals surface area contributed by atoms with E-state index < -0.39 is 0 Å². The van der Waals surface area contributed by atoms with Gasteiger partial charge in [-0.1, -0.05) is 18.0 Å². The fraction of sp³-hybridized carbons (Fsp3) is 0.533. The number of aromatic nitrogens is 2. The Morgan fingerprint density at radius 3 is 3.00 bits per heavy atom. The normalized spacial score (nSPS) is 22.8. The second-order valence-electron chi connectivity index (χ2n) is 5.24. The van der Waals surface area contributed by atoms with Crippen molar-refractivity contribution in [3.05, 3.63) is 29.0 Å². The maximum Gasteiger partial charge on any atom is 0.111 e. The molecule has 2 atom stereocenters. The molecule has 0 radical (unpaired) electrons. The molecular formula is C15H18Cl2N2S. The zero-order chi connectivity index (χ0) is 14.1. The second kappa shape index (κ2) is 6.17. The monoisotopic (exact) mass is 328 g/mol. The minimum Gasteiger partial charge on any atom is -0.324 e. The predicted molar refractivity (Wildman–Crippen MR) is 89.4 cm³/mol.